The van der Waals surface area contributed by atoms with Crippen molar-refractivity contribution < 1.29 is 13.9 Å². The van der Waals surface area contributed by atoms with Crippen molar-refractivity contribution in [2.24, 2.45) is 0 Å². The van der Waals surface area contributed by atoms with Crippen molar-refractivity contribution in [3.05, 3.63) is 29.8 Å². The molecule has 2 aliphatic heterocycles. The molecule has 4 rings (SSSR count). The number of ether oxygens (including phenoxy) is 1. The minimum Gasteiger partial charge on any atom is -0.366 e. The average Bonchev–Trinajstić information content (AvgIpc) is 2.92. The Bertz CT molecular complexity index is 811. The molecular weight excluding hydrogens is 408 g/mol. The zero-order valence-corrected chi connectivity index (χ0v) is 17.0. The van der Waals surface area contributed by atoms with Crippen molar-refractivity contribution in [3.8, 4) is 11.4 Å². The van der Waals surface area contributed by atoms with Gasteiger partial charge in [-0.1, -0.05) is 6.42 Å². The molecule has 0 spiro atoms. The SMILES string of the molecule is Cl.Cl.O=C(Nc1ccc(F)c(-c2nnc3n2CCCCC3)c1)C1CNCCO1. The van der Waals surface area contributed by atoms with Gasteiger partial charge in [-0.15, -0.1) is 35.0 Å². The third kappa shape index (κ3) is 4.81. The topological polar surface area (TPSA) is 81.1 Å². The maximum Gasteiger partial charge on any atom is 0.254 e. The normalized spacial score (nSPS) is 18.8. The van der Waals surface area contributed by atoms with Crippen LogP contribution in [0.25, 0.3) is 11.4 Å². The Labute approximate surface area is 175 Å². The zero-order valence-electron chi connectivity index (χ0n) is 15.3. The molecule has 7 nitrogen and oxygen atoms in total. The Morgan fingerprint density at radius 1 is 1.25 bits per heavy atom. The molecule has 0 bridgehead atoms. The number of amides is 1. The lowest BCUT2D eigenvalue weighted by Gasteiger charge is -2.22. The second-order valence-corrected chi connectivity index (χ2v) is 6.65. The molecule has 2 aliphatic rings. The number of benzene rings is 1. The van der Waals surface area contributed by atoms with E-state index >= 15 is 0 Å². The Kier molecular flexibility index (Phi) is 8.18. The summed E-state index contributed by atoms with van der Waals surface area (Å²) in [6.45, 7) is 2.49. The fourth-order valence-corrected chi connectivity index (χ4v) is 3.42. The monoisotopic (exact) mass is 431 g/mol. The molecule has 1 fully saturated rings. The molecule has 3 heterocycles. The van der Waals surface area contributed by atoms with Gasteiger partial charge in [0, 0.05) is 31.7 Å². The highest BCUT2D eigenvalue weighted by molar-refractivity contribution is 5.95. The van der Waals surface area contributed by atoms with Gasteiger partial charge in [0.05, 0.1) is 12.2 Å². The summed E-state index contributed by atoms with van der Waals surface area (Å²) in [5.74, 6) is 0.798. The summed E-state index contributed by atoms with van der Waals surface area (Å²) in [7, 11) is 0. The van der Waals surface area contributed by atoms with Crippen LogP contribution >= 0.6 is 24.8 Å². The van der Waals surface area contributed by atoms with Crippen LogP contribution in [0.4, 0.5) is 10.1 Å². The van der Waals surface area contributed by atoms with Gasteiger partial charge in [0.25, 0.3) is 5.91 Å². The Morgan fingerprint density at radius 3 is 2.89 bits per heavy atom. The molecule has 154 valence electrons. The molecule has 0 aliphatic carbocycles. The summed E-state index contributed by atoms with van der Waals surface area (Å²) in [5.41, 5.74) is 0.873. The van der Waals surface area contributed by atoms with Crippen LogP contribution in [0.1, 0.15) is 25.1 Å². The second kappa shape index (κ2) is 10.2. The summed E-state index contributed by atoms with van der Waals surface area (Å²) in [6, 6.07) is 4.52. The number of nitrogens with one attached hydrogen (secondary N) is 2. The average molecular weight is 432 g/mol. The first-order valence-electron chi connectivity index (χ1n) is 9.07. The van der Waals surface area contributed by atoms with Crippen molar-refractivity contribution in [1.82, 2.24) is 20.1 Å². The number of aryl methyl sites for hydroxylation is 1. The number of halogens is 3. The smallest absolute Gasteiger partial charge is 0.254 e. The van der Waals surface area contributed by atoms with E-state index in [1.54, 1.807) is 12.1 Å². The van der Waals surface area contributed by atoms with E-state index in [4.69, 9.17) is 4.74 Å². The second-order valence-electron chi connectivity index (χ2n) is 6.65. The third-order valence-corrected chi connectivity index (χ3v) is 4.80. The minimum atomic E-state index is -0.540. The lowest BCUT2D eigenvalue weighted by atomic mass is 10.1. The van der Waals surface area contributed by atoms with Crippen molar-refractivity contribution in [3.63, 3.8) is 0 Å². The number of nitrogens with zero attached hydrogens (tertiary/aromatic N) is 3. The van der Waals surface area contributed by atoms with Crippen LogP contribution in [0.5, 0.6) is 0 Å². The van der Waals surface area contributed by atoms with Crippen molar-refractivity contribution in [2.75, 3.05) is 25.0 Å². The highest BCUT2D eigenvalue weighted by Crippen LogP contribution is 2.27. The highest BCUT2D eigenvalue weighted by atomic mass is 35.5. The third-order valence-electron chi connectivity index (χ3n) is 4.80. The van der Waals surface area contributed by atoms with Gasteiger partial charge in [0.2, 0.25) is 0 Å². The molecule has 0 saturated carbocycles. The number of hydrogen-bond donors (Lipinski definition) is 2. The largest absolute Gasteiger partial charge is 0.366 e. The van der Waals surface area contributed by atoms with Gasteiger partial charge in [0.1, 0.15) is 17.7 Å². The molecule has 1 unspecified atom stereocenters. The van der Waals surface area contributed by atoms with Crippen LogP contribution in [0, 0.1) is 5.82 Å². The lowest BCUT2D eigenvalue weighted by Crippen LogP contribution is -2.45. The zero-order chi connectivity index (χ0) is 17.9. The number of hydrogen-bond acceptors (Lipinski definition) is 5. The van der Waals surface area contributed by atoms with E-state index in [0.717, 1.165) is 44.6 Å². The van der Waals surface area contributed by atoms with Crippen LogP contribution in [0.15, 0.2) is 18.2 Å². The molecular formula is C18H24Cl2FN5O2. The number of carbonyl (C=O) groups is 1. The molecule has 10 heteroatoms. The fourth-order valence-electron chi connectivity index (χ4n) is 3.42. The van der Waals surface area contributed by atoms with E-state index in [0.29, 0.717) is 30.2 Å². The van der Waals surface area contributed by atoms with E-state index in [9.17, 15) is 9.18 Å². The van der Waals surface area contributed by atoms with Crippen LogP contribution in [-0.4, -0.2) is 46.5 Å². The van der Waals surface area contributed by atoms with Gasteiger partial charge in [-0.2, -0.15) is 0 Å². The number of carbonyl (C=O) groups excluding carboxylic acids is 1. The Hall–Kier alpha value is -1.74. The number of aromatic nitrogens is 3. The summed E-state index contributed by atoms with van der Waals surface area (Å²) < 4.78 is 21.9. The first-order chi connectivity index (χ1) is 12.7. The van der Waals surface area contributed by atoms with E-state index in [1.165, 1.54) is 6.07 Å². The van der Waals surface area contributed by atoms with Gasteiger partial charge in [0.15, 0.2) is 5.82 Å². The summed E-state index contributed by atoms with van der Waals surface area (Å²) in [6.07, 6.45) is 3.56. The maximum absolute atomic E-state index is 14.5. The first-order valence-corrected chi connectivity index (χ1v) is 9.07. The highest BCUT2D eigenvalue weighted by Gasteiger charge is 2.23. The van der Waals surface area contributed by atoms with Crippen LogP contribution in [0.2, 0.25) is 0 Å². The summed E-state index contributed by atoms with van der Waals surface area (Å²) in [5, 5.41) is 14.4. The number of fused-ring (bicyclic) bond motifs is 1. The quantitative estimate of drug-likeness (QED) is 0.780. The van der Waals surface area contributed by atoms with E-state index < -0.39 is 6.10 Å². The first kappa shape index (κ1) is 22.5. The van der Waals surface area contributed by atoms with Gasteiger partial charge < -0.3 is 19.9 Å². The number of rotatable bonds is 3. The predicted octanol–water partition coefficient (Wildman–Crippen LogP) is 2.58. The Morgan fingerprint density at radius 2 is 2.11 bits per heavy atom. The molecule has 1 aromatic heterocycles. The van der Waals surface area contributed by atoms with E-state index in [-0.39, 0.29) is 36.5 Å². The van der Waals surface area contributed by atoms with Crippen molar-refractivity contribution in [1.29, 1.82) is 0 Å². The minimum absolute atomic E-state index is 0. The van der Waals surface area contributed by atoms with Crippen LogP contribution in [0.3, 0.4) is 0 Å². The standard InChI is InChI=1S/C18H22FN5O2.2ClH/c19-14-6-5-12(21-18(25)15-11-20-7-9-26-15)10-13(14)17-23-22-16-4-2-1-3-8-24(16)17;;/h5-6,10,15,20H,1-4,7-9,11H2,(H,21,25);2*1H. The Balaban J connectivity index is 0.00000140. The van der Waals surface area contributed by atoms with Gasteiger partial charge >= 0.3 is 0 Å². The fraction of sp³-hybridized carbons (Fsp3) is 0.500. The van der Waals surface area contributed by atoms with Crippen molar-refractivity contribution in [2.45, 2.75) is 38.3 Å². The molecule has 1 amide bonds. The lowest BCUT2D eigenvalue weighted by molar-refractivity contribution is -0.128. The van der Waals surface area contributed by atoms with Gasteiger partial charge in [-0.25, -0.2) is 4.39 Å². The molecule has 2 N–H and O–H groups in total. The summed E-state index contributed by atoms with van der Waals surface area (Å²) >= 11 is 0. The predicted molar refractivity (Wildman–Crippen MR) is 109 cm³/mol. The van der Waals surface area contributed by atoms with Crippen LogP contribution in [-0.2, 0) is 22.5 Å². The van der Waals surface area contributed by atoms with Gasteiger partial charge in [-0.3, -0.25) is 4.79 Å². The maximum atomic E-state index is 14.5. The number of morpholine rings is 1. The van der Waals surface area contributed by atoms with E-state index in [1.807, 2.05) is 4.57 Å². The molecule has 28 heavy (non-hydrogen) atoms. The molecule has 2 aromatic rings. The number of anilines is 1. The van der Waals surface area contributed by atoms with Crippen molar-refractivity contribution >= 4 is 36.4 Å². The molecule has 1 aromatic carbocycles. The molecule has 0 radical (unpaired) electrons. The van der Waals surface area contributed by atoms with E-state index in [2.05, 4.69) is 20.8 Å². The molecule has 1 saturated heterocycles. The summed E-state index contributed by atoms with van der Waals surface area (Å²) in [4.78, 5) is 12.3. The van der Waals surface area contributed by atoms with Gasteiger partial charge in [-0.05, 0) is 31.0 Å². The molecule has 1 atom stereocenters. The van der Waals surface area contributed by atoms with Crippen LogP contribution < -0.4 is 10.6 Å².